The van der Waals surface area contributed by atoms with E-state index in [1.165, 1.54) is 5.57 Å². The molecule has 0 unspecified atom stereocenters. The summed E-state index contributed by atoms with van der Waals surface area (Å²) in [5.74, 6) is 4.83. The lowest BCUT2D eigenvalue weighted by atomic mass is 9.52. The van der Waals surface area contributed by atoms with Crippen molar-refractivity contribution in [2.75, 3.05) is 19.8 Å². The van der Waals surface area contributed by atoms with E-state index in [-0.39, 0.29) is 55.5 Å². The number of phenols is 1. The summed E-state index contributed by atoms with van der Waals surface area (Å²) in [5, 5.41) is 67.4. The fraction of sp³-hybridized carbons (Fsp3) is 0.441. The van der Waals surface area contributed by atoms with E-state index in [0.29, 0.717) is 92.9 Å². The number of allylic oxidation sites excluding steroid dienone is 8. The summed E-state index contributed by atoms with van der Waals surface area (Å²) < 4.78 is 6.23. The number of rotatable bonds is 5. The van der Waals surface area contributed by atoms with Crippen LogP contribution in [-0.4, -0.2) is 80.9 Å². The van der Waals surface area contributed by atoms with E-state index in [1.54, 1.807) is 12.1 Å². The second-order valence-corrected chi connectivity index (χ2v) is 23.5. The minimum absolute atomic E-state index is 0.0348. The topological polar surface area (TPSA) is 195 Å². The molecular formula is C68H81N3O8. The van der Waals surface area contributed by atoms with E-state index in [4.69, 9.17) is 10.5 Å². The maximum atomic E-state index is 15.2. The molecule has 0 aromatic heterocycles. The predicted octanol–water partition coefficient (Wildman–Crippen LogP) is 9.40. The molecule has 5 aliphatic rings. The standard InChI is InChI=1S/C68H81N3O8/c1-43-13-8-9-32-79-42-52(20-11-16-44(2)15-10-14-43)57-29-31-68(64(57)76)59-27-26-55(73)39-50-35-48(33-46-17-6-5-7-18-46)34-49(36-50)38-53(37-47-22-24-54(72)25-23-47)61(75)41-70-63-62-51(19-12-21-58(62)65(69)71-66(63)77)40-60(74)45(3)56(59)28-30-67(68,4)78/h5-7,11-12,14,16-25,34-36,53,55,57,59,61,63-65,70,72-73,75-76,78H,2,10,13,15,26-33,37-42,69H2,1,3-4H3,(H,71,77)/b16-11+,43-14+,52-20-,56-45+/t53-,55-,57+,59+,61+,63+,64+,65+,67+,68+/m0/s1. The largest absolute Gasteiger partial charge is 0.508 e. The number of aliphatic hydroxyl groups is 4. The average molecular weight is 1070 g/mol. The van der Waals surface area contributed by atoms with Crippen molar-refractivity contribution in [3.8, 4) is 17.6 Å². The van der Waals surface area contributed by atoms with Crippen LogP contribution in [0.15, 0.2) is 150 Å². The van der Waals surface area contributed by atoms with Crippen LogP contribution in [-0.2, 0) is 46.4 Å². The van der Waals surface area contributed by atoms with E-state index >= 15 is 4.79 Å². The zero-order chi connectivity index (χ0) is 55.8. The van der Waals surface area contributed by atoms with Crippen LogP contribution in [0.3, 0.4) is 0 Å². The number of hydrogen-bond donors (Lipinski definition) is 8. The lowest BCUT2D eigenvalue weighted by Crippen LogP contribution is -2.59. The summed E-state index contributed by atoms with van der Waals surface area (Å²) >= 11 is 0. The number of benzene rings is 4. The number of Topliss-reactive ketones (excluding diaryl/α,β-unsaturated/α-hetero) is 1. The number of amides is 1. The highest BCUT2D eigenvalue weighted by molar-refractivity contribution is 5.98. The normalized spacial score (nSPS) is 32.3. The lowest BCUT2D eigenvalue weighted by molar-refractivity contribution is -0.168. The summed E-state index contributed by atoms with van der Waals surface area (Å²) in [6.45, 7) is 10.6. The molecule has 4 aromatic carbocycles. The van der Waals surface area contributed by atoms with Crippen molar-refractivity contribution in [1.29, 1.82) is 0 Å². The number of phenolic OH excluding ortho intramolecular Hbond substituents is 1. The molecule has 1 amide bonds. The third kappa shape index (κ3) is 13.4. The van der Waals surface area contributed by atoms with Crippen molar-refractivity contribution in [1.82, 2.24) is 10.6 Å². The smallest absolute Gasteiger partial charge is 0.243 e. The van der Waals surface area contributed by atoms with Crippen molar-refractivity contribution in [3.63, 3.8) is 0 Å². The first-order chi connectivity index (χ1) is 38.0. The first kappa shape index (κ1) is 57.5. The van der Waals surface area contributed by atoms with Gasteiger partial charge in [0, 0.05) is 30.7 Å². The maximum Gasteiger partial charge on any atom is 0.243 e. The van der Waals surface area contributed by atoms with Crippen LogP contribution in [0.5, 0.6) is 5.75 Å². The Kier molecular flexibility index (Phi) is 18.6. The van der Waals surface area contributed by atoms with Crippen LogP contribution in [0.25, 0.3) is 0 Å². The zero-order valence-corrected chi connectivity index (χ0v) is 46.4. The highest BCUT2D eigenvalue weighted by Crippen LogP contribution is 2.63. The number of hydrogen-bond acceptors (Lipinski definition) is 10. The van der Waals surface area contributed by atoms with Gasteiger partial charge in [-0.15, -0.1) is 0 Å². The number of fused-ring (bicyclic) bond motifs is 4. The molecule has 3 aliphatic heterocycles. The number of nitrogens with two attached hydrogens (primary N) is 1. The van der Waals surface area contributed by atoms with Gasteiger partial charge in [-0.05, 0) is 177 Å². The van der Waals surface area contributed by atoms with Crippen LogP contribution in [0.1, 0.15) is 135 Å². The van der Waals surface area contributed by atoms with Gasteiger partial charge in [-0.25, -0.2) is 0 Å². The van der Waals surface area contributed by atoms with Crippen LogP contribution in [0.4, 0.5) is 0 Å². The number of carbonyl (C=O) groups is 2. The van der Waals surface area contributed by atoms with Gasteiger partial charge < -0.3 is 41.3 Å². The third-order valence-electron chi connectivity index (χ3n) is 18.0. The molecule has 79 heavy (non-hydrogen) atoms. The Labute approximate surface area is 467 Å². The summed E-state index contributed by atoms with van der Waals surface area (Å²) in [4.78, 5) is 29.3. The van der Waals surface area contributed by atoms with Gasteiger partial charge in [-0.3, -0.25) is 14.9 Å². The van der Waals surface area contributed by atoms with E-state index in [0.717, 1.165) is 57.4 Å². The molecule has 3 heterocycles. The molecule has 11 nitrogen and oxygen atoms in total. The summed E-state index contributed by atoms with van der Waals surface area (Å²) in [7, 11) is 0. The summed E-state index contributed by atoms with van der Waals surface area (Å²) in [6, 6.07) is 28.4. The molecule has 416 valence electrons. The van der Waals surface area contributed by atoms with E-state index in [9.17, 15) is 30.3 Å². The van der Waals surface area contributed by atoms with Gasteiger partial charge in [0.2, 0.25) is 5.91 Å². The Morgan fingerprint density at radius 3 is 2.42 bits per heavy atom. The molecule has 1 spiro atoms. The molecule has 11 heteroatoms. The quantitative estimate of drug-likeness (QED) is 0.0705. The number of ether oxygens (including phenoxy) is 1. The van der Waals surface area contributed by atoms with Crippen molar-refractivity contribution in [3.05, 3.63) is 194 Å². The number of aliphatic hydroxyl groups excluding tert-OH is 3. The zero-order valence-electron chi connectivity index (χ0n) is 46.4. The highest BCUT2D eigenvalue weighted by Gasteiger charge is 2.64. The predicted molar refractivity (Wildman–Crippen MR) is 310 cm³/mol. The fourth-order valence-corrected chi connectivity index (χ4v) is 13.8. The summed E-state index contributed by atoms with van der Waals surface area (Å²) in [6.07, 6.45) is 11.4. The first-order valence-corrected chi connectivity index (χ1v) is 28.6. The lowest BCUT2D eigenvalue weighted by Gasteiger charge is -2.56. The molecule has 9 N–H and O–H groups in total. The minimum Gasteiger partial charge on any atom is -0.508 e. The Morgan fingerprint density at radius 1 is 0.861 bits per heavy atom. The van der Waals surface area contributed by atoms with Crippen molar-refractivity contribution >= 4 is 11.7 Å². The molecule has 10 atom stereocenters. The Bertz CT molecular complexity index is 3050. The van der Waals surface area contributed by atoms with Crippen LogP contribution < -0.4 is 16.4 Å². The van der Waals surface area contributed by atoms with E-state index in [2.05, 4.69) is 72.4 Å². The third-order valence-corrected chi connectivity index (χ3v) is 18.0. The second kappa shape index (κ2) is 25.5. The van der Waals surface area contributed by atoms with Gasteiger partial charge >= 0.3 is 0 Å². The molecule has 2 aliphatic carbocycles. The van der Waals surface area contributed by atoms with Crippen LogP contribution in [0.2, 0.25) is 0 Å². The molecule has 0 radical (unpaired) electrons. The highest BCUT2D eigenvalue weighted by atomic mass is 16.5. The number of nitrogens with one attached hydrogen (secondary N) is 2. The Balaban J connectivity index is 1.13. The molecule has 4 aromatic rings. The van der Waals surface area contributed by atoms with E-state index < -0.39 is 47.5 Å². The first-order valence-electron chi connectivity index (χ1n) is 28.6. The number of β-amino-alcohol motifs (C(OH)–C–C–N with tert-alkyl or cyclic N) is 1. The number of ketones is 1. The van der Waals surface area contributed by atoms with Crippen molar-refractivity contribution < 1.29 is 39.9 Å². The minimum atomic E-state index is -1.35. The van der Waals surface area contributed by atoms with Crippen molar-refractivity contribution in [2.45, 2.75) is 147 Å². The maximum absolute atomic E-state index is 15.2. The van der Waals surface area contributed by atoms with Gasteiger partial charge in [0.15, 0.2) is 5.78 Å². The van der Waals surface area contributed by atoms with Crippen LogP contribution >= 0.6 is 0 Å². The number of aromatic hydroxyl groups is 1. The average Bonchev–Trinajstić information content (AvgIpc) is 4.02. The SMILES string of the molecule is C=C1/C=C/C=C(\[C@H]2CC[C@@]3([C@@H]4CC[C@H](O)Cc5cc(Cc6ccccc6)cc(c5)C[C@H](Cc5ccc(O)cc5)[C@H](O)CN[C@H]5C(=O)N[C@@H](N)c6cccc(c65)CC(=O)/C(C)=C/4CC[C@@]3(C)O)[C@@H]2O)COCC#CC/C(C)=C/CC1. The van der Waals surface area contributed by atoms with Gasteiger partial charge in [-0.1, -0.05) is 138 Å². The Morgan fingerprint density at radius 2 is 1.63 bits per heavy atom. The molecule has 0 saturated heterocycles. The van der Waals surface area contributed by atoms with Crippen molar-refractivity contribution in [2.24, 2.45) is 28.9 Å². The van der Waals surface area contributed by atoms with Gasteiger partial charge in [-0.2, -0.15) is 0 Å². The number of carbonyl (C=O) groups excluding carboxylic acids is 2. The van der Waals surface area contributed by atoms with Gasteiger partial charge in [0.1, 0.15) is 24.6 Å². The molecule has 2 fully saturated rings. The summed E-state index contributed by atoms with van der Waals surface area (Å²) in [5.41, 5.74) is 15.7. The van der Waals surface area contributed by atoms with E-state index in [1.807, 2.05) is 80.6 Å². The van der Waals surface area contributed by atoms with Gasteiger partial charge in [0.05, 0.1) is 30.5 Å². The second-order valence-electron chi connectivity index (χ2n) is 23.5. The molecule has 2 saturated carbocycles. The van der Waals surface area contributed by atoms with Crippen LogP contribution in [0, 0.1) is 35.0 Å². The Hall–Kier alpha value is -6.20. The molecular weight excluding hydrogens is 987 g/mol. The monoisotopic (exact) mass is 1070 g/mol. The molecule has 9 rings (SSSR count). The molecule has 2 bridgehead atoms. The fourth-order valence-electron chi connectivity index (χ4n) is 13.8. The van der Waals surface area contributed by atoms with Gasteiger partial charge in [0.25, 0.3) is 0 Å².